The smallest absolute Gasteiger partial charge is 0.410 e. The zero-order chi connectivity index (χ0) is 25.6. The minimum Gasteiger partial charge on any atom is -0.444 e. The van der Waals surface area contributed by atoms with Crippen LogP contribution >= 0.6 is 11.6 Å². The van der Waals surface area contributed by atoms with Gasteiger partial charge in [-0.2, -0.15) is 10.1 Å². The third kappa shape index (κ3) is 4.66. The average molecular weight is 512 g/mol. The van der Waals surface area contributed by atoms with E-state index < -0.39 is 11.5 Å². The van der Waals surface area contributed by atoms with Crippen LogP contribution in [0.25, 0.3) is 22.0 Å². The highest BCUT2D eigenvalue weighted by molar-refractivity contribution is 6.31. The van der Waals surface area contributed by atoms with Crippen LogP contribution in [-0.2, 0) is 4.74 Å². The van der Waals surface area contributed by atoms with Gasteiger partial charge in [-0.3, -0.25) is 14.8 Å². The van der Waals surface area contributed by atoms with Crippen molar-refractivity contribution >= 4 is 57.4 Å². The zero-order valence-corrected chi connectivity index (χ0v) is 20.9. The number of likely N-dealkylation sites (tertiary alicyclic amines) is 1. The molecule has 3 N–H and O–H groups in total. The van der Waals surface area contributed by atoms with Gasteiger partial charge in [0.25, 0.3) is 5.91 Å². The quantitative estimate of drug-likeness (QED) is 0.405. The minimum absolute atomic E-state index is 0.0104. The third-order valence-electron chi connectivity index (χ3n) is 5.83. The predicted octanol–water partition coefficient (Wildman–Crippen LogP) is 4.63. The molecule has 1 atom stereocenters. The van der Waals surface area contributed by atoms with Gasteiger partial charge >= 0.3 is 12.1 Å². The van der Waals surface area contributed by atoms with Crippen molar-refractivity contribution in [3.63, 3.8) is 0 Å². The summed E-state index contributed by atoms with van der Waals surface area (Å²) in [6, 6.07) is 6.57. The highest BCUT2D eigenvalue weighted by Gasteiger charge is 2.31. The Bertz CT molecular complexity index is 1470. The van der Waals surface area contributed by atoms with E-state index in [4.69, 9.17) is 26.5 Å². The summed E-state index contributed by atoms with van der Waals surface area (Å²) in [6.07, 6.45) is 2.72. The number of hydrogen-bond donors (Lipinski definition) is 2. The van der Waals surface area contributed by atoms with Crippen molar-refractivity contribution in [2.24, 2.45) is 0 Å². The molecule has 1 saturated heterocycles. The molecule has 3 aromatic heterocycles. The van der Waals surface area contributed by atoms with Gasteiger partial charge in [-0.1, -0.05) is 11.6 Å². The van der Waals surface area contributed by atoms with Crippen molar-refractivity contribution in [2.75, 3.05) is 24.1 Å². The van der Waals surface area contributed by atoms with Crippen molar-refractivity contribution in [1.82, 2.24) is 24.6 Å². The number of ether oxygens (including phenoxy) is 1. The van der Waals surface area contributed by atoms with Crippen molar-refractivity contribution < 1.29 is 18.7 Å². The van der Waals surface area contributed by atoms with Gasteiger partial charge in [0, 0.05) is 24.3 Å². The van der Waals surface area contributed by atoms with Gasteiger partial charge in [-0.05, 0) is 57.9 Å². The Labute approximate surface area is 211 Å². The number of hydrogen-bond acceptors (Lipinski definition) is 8. The number of halogens is 1. The number of oxazole rings is 1. The molecule has 1 fully saturated rings. The lowest BCUT2D eigenvalue weighted by Crippen LogP contribution is -2.43. The fourth-order valence-electron chi connectivity index (χ4n) is 4.31. The summed E-state index contributed by atoms with van der Waals surface area (Å²) in [6.45, 7) is 6.47. The first-order valence-electron chi connectivity index (χ1n) is 11.6. The molecule has 36 heavy (non-hydrogen) atoms. The van der Waals surface area contributed by atoms with E-state index in [0.717, 1.165) is 12.8 Å². The van der Waals surface area contributed by atoms with E-state index in [1.54, 1.807) is 40.0 Å². The summed E-state index contributed by atoms with van der Waals surface area (Å²) in [5, 5.41) is 8.20. The number of nitrogens with zero attached hydrogens (tertiary/aromatic N) is 5. The normalized spacial score (nSPS) is 16.4. The molecule has 1 aliphatic rings. The molecule has 11 nitrogen and oxygen atoms in total. The van der Waals surface area contributed by atoms with E-state index >= 15 is 0 Å². The molecule has 4 heterocycles. The summed E-state index contributed by atoms with van der Waals surface area (Å²) in [7, 11) is 0. The maximum atomic E-state index is 13.3. The monoisotopic (exact) mass is 511 g/mol. The fraction of sp³-hybridized carbons (Fsp3) is 0.375. The van der Waals surface area contributed by atoms with Gasteiger partial charge in [0.2, 0.25) is 0 Å². The number of rotatable bonds is 3. The number of anilines is 2. The fourth-order valence-corrected chi connectivity index (χ4v) is 4.47. The van der Waals surface area contributed by atoms with Gasteiger partial charge in [0.15, 0.2) is 11.3 Å². The SMILES string of the molecule is CC(C)(C)OC(=O)N1CCC[C@@H](n2nc(C(=O)Nc3nc4cc(Cl)ccc4o3)c3c(N)nccc32)C1. The number of fused-ring (bicyclic) bond motifs is 2. The Balaban J connectivity index is 1.45. The maximum absolute atomic E-state index is 13.3. The van der Waals surface area contributed by atoms with Crippen molar-refractivity contribution in [1.29, 1.82) is 0 Å². The summed E-state index contributed by atoms with van der Waals surface area (Å²) < 4.78 is 12.9. The molecule has 0 saturated carbocycles. The Kier molecular flexibility index (Phi) is 5.95. The molecule has 0 spiro atoms. The number of amides is 2. The lowest BCUT2D eigenvalue weighted by Gasteiger charge is -2.34. The Morgan fingerprint density at radius 1 is 1.28 bits per heavy atom. The minimum atomic E-state index is -0.593. The molecule has 4 aromatic rings. The second kappa shape index (κ2) is 8.98. The van der Waals surface area contributed by atoms with Crippen molar-refractivity contribution in [3.05, 3.63) is 41.2 Å². The van der Waals surface area contributed by atoms with Gasteiger partial charge in [0.1, 0.15) is 16.9 Å². The van der Waals surface area contributed by atoms with E-state index in [0.29, 0.717) is 40.1 Å². The molecule has 1 aromatic carbocycles. The first-order chi connectivity index (χ1) is 17.1. The van der Waals surface area contributed by atoms with Crippen LogP contribution in [0.1, 0.15) is 50.1 Å². The molecule has 2 amide bonds. The number of benzene rings is 1. The van der Waals surface area contributed by atoms with Crippen LogP contribution in [0.15, 0.2) is 34.9 Å². The van der Waals surface area contributed by atoms with E-state index in [1.807, 2.05) is 20.8 Å². The Hall–Kier alpha value is -3.86. The van der Waals surface area contributed by atoms with Crippen LogP contribution in [0.4, 0.5) is 16.6 Å². The van der Waals surface area contributed by atoms with Crippen LogP contribution in [0, 0.1) is 0 Å². The summed E-state index contributed by atoms with van der Waals surface area (Å²) in [5.74, 6) is -0.371. The number of nitrogens with two attached hydrogens (primary N) is 1. The number of pyridine rings is 1. The first-order valence-corrected chi connectivity index (χ1v) is 11.9. The molecule has 0 aliphatic carbocycles. The molecular weight excluding hydrogens is 486 g/mol. The summed E-state index contributed by atoms with van der Waals surface area (Å²) >= 11 is 6.02. The summed E-state index contributed by atoms with van der Waals surface area (Å²) in [5.41, 5.74) is 7.31. The number of carbonyl (C=O) groups excluding carboxylic acids is 2. The highest BCUT2D eigenvalue weighted by atomic mass is 35.5. The van der Waals surface area contributed by atoms with Gasteiger partial charge in [0.05, 0.1) is 16.9 Å². The van der Waals surface area contributed by atoms with E-state index in [-0.39, 0.29) is 29.7 Å². The maximum Gasteiger partial charge on any atom is 0.410 e. The predicted molar refractivity (Wildman–Crippen MR) is 135 cm³/mol. The number of carbonyl (C=O) groups is 2. The van der Waals surface area contributed by atoms with Gasteiger partial charge in [-0.15, -0.1) is 0 Å². The molecule has 12 heteroatoms. The second-order valence-electron chi connectivity index (χ2n) is 9.69. The largest absolute Gasteiger partial charge is 0.444 e. The molecule has 0 unspecified atom stereocenters. The van der Waals surface area contributed by atoms with E-state index in [2.05, 4.69) is 20.4 Å². The topological polar surface area (TPSA) is 141 Å². The van der Waals surface area contributed by atoms with Crippen LogP contribution in [-0.4, -0.2) is 55.3 Å². The van der Waals surface area contributed by atoms with Crippen LogP contribution in [0.5, 0.6) is 0 Å². The number of aromatic nitrogens is 4. The van der Waals surface area contributed by atoms with Crippen molar-refractivity contribution in [2.45, 2.75) is 45.3 Å². The molecule has 0 radical (unpaired) electrons. The highest BCUT2D eigenvalue weighted by Crippen LogP contribution is 2.31. The van der Waals surface area contributed by atoms with Crippen LogP contribution < -0.4 is 11.1 Å². The van der Waals surface area contributed by atoms with Crippen LogP contribution in [0.3, 0.4) is 0 Å². The molecule has 5 rings (SSSR count). The number of piperidine rings is 1. The van der Waals surface area contributed by atoms with E-state index in [1.165, 1.54) is 0 Å². The molecule has 1 aliphatic heterocycles. The van der Waals surface area contributed by atoms with Gasteiger partial charge < -0.3 is 19.8 Å². The van der Waals surface area contributed by atoms with E-state index in [9.17, 15) is 9.59 Å². The standard InChI is InChI=1S/C24H26ClN7O4/c1-24(2,3)36-23(34)31-10-4-5-14(12-31)32-16-8-9-27-20(26)18(16)19(30-32)21(33)29-22-28-15-11-13(25)6-7-17(15)35-22/h6-9,11,14H,4-5,10,12H2,1-3H3,(H2,26,27)(H,28,29,33)/t14-/m1/s1. The lowest BCUT2D eigenvalue weighted by atomic mass is 10.1. The second-order valence-corrected chi connectivity index (χ2v) is 10.1. The Morgan fingerprint density at radius 3 is 2.86 bits per heavy atom. The van der Waals surface area contributed by atoms with Gasteiger partial charge in [-0.25, -0.2) is 9.78 Å². The molecule has 188 valence electrons. The zero-order valence-electron chi connectivity index (χ0n) is 20.1. The van der Waals surface area contributed by atoms with Crippen LogP contribution in [0.2, 0.25) is 5.02 Å². The lowest BCUT2D eigenvalue weighted by molar-refractivity contribution is 0.0169. The molecule has 0 bridgehead atoms. The third-order valence-corrected chi connectivity index (χ3v) is 6.06. The number of nitrogens with one attached hydrogen (secondary N) is 1. The first kappa shape index (κ1) is 23.9. The Morgan fingerprint density at radius 2 is 2.08 bits per heavy atom. The summed E-state index contributed by atoms with van der Waals surface area (Å²) in [4.78, 5) is 36.0. The average Bonchev–Trinajstić information content (AvgIpc) is 3.39. The molecular formula is C24H26ClN7O4. The number of nitrogen functional groups attached to an aromatic ring is 1. The van der Waals surface area contributed by atoms with Crippen molar-refractivity contribution in [3.8, 4) is 0 Å².